The van der Waals surface area contributed by atoms with Crippen molar-refractivity contribution in [1.29, 1.82) is 0 Å². The first-order chi connectivity index (χ1) is 11.5. The van der Waals surface area contributed by atoms with Crippen LogP contribution in [-0.4, -0.2) is 39.5 Å². The highest BCUT2D eigenvalue weighted by atomic mass is 35.5. The van der Waals surface area contributed by atoms with E-state index >= 15 is 0 Å². The highest BCUT2D eigenvalue weighted by molar-refractivity contribution is 6.76. The fourth-order valence-electron chi connectivity index (χ4n) is 5.71. The zero-order chi connectivity index (χ0) is 18.6. The minimum atomic E-state index is -1.26. The highest BCUT2D eigenvalue weighted by Crippen LogP contribution is 2.60. The molecule has 0 radical (unpaired) electrons. The standard InChI is InChI=1S/C20H35ClO2Si2/c1-24(2,3)12-14-15(13-25(4,5)6)18-19(22)17(14)16-8-10-20(18,23-16)9-7-11-21/h8,10,14-18H,7,9,11-13H2,1-6H3/t14-,15+,16-,17-,18-,20+/m0/s1. The number of halogens is 1. The molecular weight excluding hydrogens is 364 g/mol. The number of Topliss-reactive ketones (excluding diaryl/α,β-unsaturated/α-hetero) is 1. The lowest BCUT2D eigenvalue weighted by atomic mass is 9.76. The van der Waals surface area contributed by atoms with Crippen LogP contribution in [-0.2, 0) is 9.53 Å². The lowest BCUT2D eigenvalue weighted by Gasteiger charge is -2.40. The number of ketones is 1. The van der Waals surface area contributed by atoms with Crippen LogP contribution in [0.25, 0.3) is 0 Å². The monoisotopic (exact) mass is 398 g/mol. The zero-order valence-corrected chi connectivity index (χ0v) is 19.5. The van der Waals surface area contributed by atoms with Gasteiger partial charge >= 0.3 is 0 Å². The number of hydrogen-bond acceptors (Lipinski definition) is 2. The van der Waals surface area contributed by atoms with Crippen molar-refractivity contribution >= 4 is 33.5 Å². The van der Waals surface area contributed by atoms with Crippen LogP contribution < -0.4 is 0 Å². The van der Waals surface area contributed by atoms with Crippen LogP contribution in [0.5, 0.6) is 0 Å². The largest absolute Gasteiger partial charge is 0.362 e. The van der Waals surface area contributed by atoms with Crippen LogP contribution in [0, 0.1) is 23.7 Å². The molecule has 5 heteroatoms. The van der Waals surface area contributed by atoms with E-state index in [0.717, 1.165) is 12.8 Å². The molecule has 25 heavy (non-hydrogen) atoms. The summed E-state index contributed by atoms with van der Waals surface area (Å²) in [7, 11) is -2.51. The van der Waals surface area contributed by atoms with Crippen LogP contribution in [0.1, 0.15) is 12.8 Å². The second-order valence-corrected chi connectivity index (χ2v) is 22.4. The van der Waals surface area contributed by atoms with Crippen LogP contribution in [0.15, 0.2) is 12.2 Å². The van der Waals surface area contributed by atoms with Gasteiger partial charge in [0.25, 0.3) is 0 Å². The molecular formula is C20H35ClO2Si2. The molecule has 0 aromatic carbocycles. The lowest BCUT2D eigenvalue weighted by Crippen LogP contribution is -2.49. The molecule has 0 spiro atoms. The summed E-state index contributed by atoms with van der Waals surface area (Å²) >= 11 is 6.00. The number of ether oxygens (including phenoxy) is 1. The Morgan fingerprint density at radius 2 is 1.68 bits per heavy atom. The normalized spacial score (nSPS) is 40.1. The maximum absolute atomic E-state index is 13.5. The summed E-state index contributed by atoms with van der Waals surface area (Å²) in [5.41, 5.74) is -0.356. The predicted molar refractivity (Wildman–Crippen MR) is 112 cm³/mol. The first-order valence-corrected chi connectivity index (χ1v) is 17.9. The van der Waals surface area contributed by atoms with E-state index in [1.165, 1.54) is 12.1 Å². The first-order valence-electron chi connectivity index (χ1n) is 9.94. The van der Waals surface area contributed by atoms with E-state index in [1.807, 2.05) is 0 Å². The van der Waals surface area contributed by atoms with Gasteiger partial charge in [-0.05, 0) is 24.7 Å². The molecule has 0 unspecified atom stereocenters. The van der Waals surface area contributed by atoms with Gasteiger partial charge in [-0.3, -0.25) is 4.79 Å². The Hall–Kier alpha value is 0.0938. The van der Waals surface area contributed by atoms with E-state index in [1.54, 1.807) is 0 Å². The molecule has 1 saturated heterocycles. The number of rotatable bonds is 7. The van der Waals surface area contributed by atoms with E-state index in [-0.39, 0.29) is 23.5 Å². The minimum absolute atomic E-state index is 0.0204. The Morgan fingerprint density at radius 3 is 2.24 bits per heavy atom. The summed E-state index contributed by atoms with van der Waals surface area (Å²) in [6, 6.07) is 2.51. The molecule has 142 valence electrons. The molecule has 0 amide bonds. The van der Waals surface area contributed by atoms with Gasteiger partial charge < -0.3 is 4.74 Å². The summed E-state index contributed by atoms with van der Waals surface area (Å²) in [4.78, 5) is 13.5. The average molecular weight is 399 g/mol. The van der Waals surface area contributed by atoms with Gasteiger partial charge in [0.1, 0.15) is 5.78 Å². The van der Waals surface area contributed by atoms with E-state index in [0.29, 0.717) is 23.5 Å². The predicted octanol–water partition coefficient (Wildman–Crippen LogP) is 5.44. The number of carbonyl (C=O) groups excluding carboxylic acids is 1. The van der Waals surface area contributed by atoms with Crippen LogP contribution in [0.3, 0.4) is 0 Å². The summed E-state index contributed by atoms with van der Waals surface area (Å²) in [6.07, 6.45) is 6.29. The van der Waals surface area contributed by atoms with Crippen LogP contribution in [0.4, 0.5) is 0 Å². The fourth-order valence-corrected chi connectivity index (χ4v) is 9.77. The van der Waals surface area contributed by atoms with Crippen molar-refractivity contribution in [2.75, 3.05) is 5.88 Å². The van der Waals surface area contributed by atoms with Gasteiger partial charge in [0, 0.05) is 22.0 Å². The molecule has 0 N–H and O–H groups in total. The Morgan fingerprint density at radius 1 is 1.08 bits per heavy atom. The Labute approximate surface area is 160 Å². The van der Waals surface area contributed by atoms with Gasteiger partial charge in [-0.2, -0.15) is 0 Å². The van der Waals surface area contributed by atoms with Crippen molar-refractivity contribution in [2.24, 2.45) is 23.7 Å². The molecule has 0 aromatic rings. The number of fused-ring (bicyclic) bond motifs is 6. The van der Waals surface area contributed by atoms with Crippen LogP contribution >= 0.6 is 11.6 Å². The molecule has 6 atom stereocenters. The molecule has 2 heterocycles. The van der Waals surface area contributed by atoms with Gasteiger partial charge in [0.2, 0.25) is 0 Å². The maximum Gasteiger partial charge on any atom is 0.145 e. The third kappa shape index (κ3) is 3.74. The molecule has 2 aliphatic heterocycles. The second kappa shape index (κ2) is 6.61. The van der Waals surface area contributed by atoms with E-state index in [2.05, 4.69) is 51.4 Å². The number of carbonyl (C=O) groups is 1. The van der Waals surface area contributed by atoms with Crippen molar-refractivity contribution in [2.45, 2.75) is 75.9 Å². The topological polar surface area (TPSA) is 26.3 Å². The quantitative estimate of drug-likeness (QED) is 0.324. The lowest BCUT2D eigenvalue weighted by molar-refractivity contribution is -0.155. The van der Waals surface area contributed by atoms with Crippen molar-refractivity contribution in [3.8, 4) is 0 Å². The van der Waals surface area contributed by atoms with E-state index < -0.39 is 16.1 Å². The van der Waals surface area contributed by atoms with Crippen LogP contribution in [0.2, 0.25) is 51.4 Å². The Bertz CT molecular complexity index is 563. The molecule has 0 aromatic heterocycles. The molecule has 1 saturated carbocycles. The number of hydrogen-bond donors (Lipinski definition) is 0. The maximum atomic E-state index is 13.5. The van der Waals surface area contributed by atoms with Gasteiger partial charge in [0.15, 0.2) is 0 Å². The summed E-state index contributed by atoms with van der Waals surface area (Å²) < 4.78 is 6.57. The summed E-state index contributed by atoms with van der Waals surface area (Å²) in [5, 5.41) is 0. The van der Waals surface area contributed by atoms with Crippen molar-refractivity contribution in [3.05, 3.63) is 12.2 Å². The third-order valence-electron chi connectivity index (χ3n) is 6.28. The minimum Gasteiger partial charge on any atom is -0.362 e. The van der Waals surface area contributed by atoms with E-state index in [9.17, 15) is 4.79 Å². The zero-order valence-electron chi connectivity index (χ0n) is 16.8. The van der Waals surface area contributed by atoms with Crippen molar-refractivity contribution in [3.63, 3.8) is 0 Å². The Balaban J connectivity index is 1.99. The van der Waals surface area contributed by atoms with Crippen molar-refractivity contribution < 1.29 is 9.53 Å². The molecule has 2 nitrogen and oxygen atoms in total. The third-order valence-corrected chi connectivity index (χ3v) is 9.94. The molecule has 3 aliphatic rings. The van der Waals surface area contributed by atoms with Gasteiger partial charge in [-0.15, -0.1) is 11.6 Å². The van der Waals surface area contributed by atoms with Gasteiger partial charge in [-0.1, -0.05) is 63.5 Å². The van der Waals surface area contributed by atoms with E-state index in [4.69, 9.17) is 16.3 Å². The average Bonchev–Trinajstić information content (AvgIpc) is 2.89. The Kier molecular flexibility index (Phi) is 5.25. The summed E-state index contributed by atoms with van der Waals surface area (Å²) in [6.45, 7) is 14.7. The molecule has 3 rings (SSSR count). The SMILES string of the molecule is C[Si](C)(C)C[C@@H]1[C@H](C[Si](C)(C)C)[C@@H]2C(=O)[C@H]1[C@@]1(CCCCl)C=C[C@@H]2O1. The molecule has 4 bridgehead atoms. The molecule has 1 aliphatic carbocycles. The summed E-state index contributed by atoms with van der Waals surface area (Å²) in [5.74, 6) is 2.39. The van der Waals surface area contributed by atoms with Crippen molar-refractivity contribution in [1.82, 2.24) is 0 Å². The molecule has 2 fully saturated rings. The fraction of sp³-hybridized carbons (Fsp3) is 0.850. The van der Waals surface area contributed by atoms with Gasteiger partial charge in [-0.25, -0.2) is 0 Å². The smallest absolute Gasteiger partial charge is 0.145 e. The van der Waals surface area contributed by atoms with Gasteiger partial charge in [0.05, 0.1) is 23.5 Å². The first kappa shape index (κ1) is 19.8. The second-order valence-electron chi connectivity index (χ2n) is 11.0. The highest BCUT2D eigenvalue weighted by Gasteiger charge is 2.66. The number of alkyl halides is 1.